The highest BCUT2D eigenvalue weighted by molar-refractivity contribution is 6.30. The lowest BCUT2D eigenvalue weighted by atomic mass is 9.95. The van der Waals surface area contributed by atoms with E-state index in [4.69, 9.17) is 23.2 Å². The van der Waals surface area contributed by atoms with Crippen LogP contribution in [0.25, 0.3) is 0 Å². The van der Waals surface area contributed by atoms with Crippen molar-refractivity contribution >= 4 is 23.2 Å². The molecule has 0 spiro atoms. The van der Waals surface area contributed by atoms with Crippen molar-refractivity contribution in [3.05, 3.63) is 69.7 Å². The highest BCUT2D eigenvalue weighted by atomic mass is 35.5. The molecule has 2 atom stereocenters. The van der Waals surface area contributed by atoms with Crippen molar-refractivity contribution in [2.24, 2.45) is 0 Å². The number of rotatable bonds is 7. The van der Waals surface area contributed by atoms with Gasteiger partial charge in [-0.1, -0.05) is 60.8 Å². The molecule has 2 nitrogen and oxygen atoms in total. The number of hydrogen-bond acceptors (Lipinski definition) is 2. The second kappa shape index (κ2) is 8.54. The molecule has 0 fully saturated rings. The van der Waals surface area contributed by atoms with Gasteiger partial charge in [0.2, 0.25) is 0 Å². The molecule has 0 saturated heterocycles. The van der Waals surface area contributed by atoms with Crippen molar-refractivity contribution < 1.29 is 5.11 Å². The van der Waals surface area contributed by atoms with E-state index in [0.717, 1.165) is 30.5 Å². The Balaban J connectivity index is 2.22. The fraction of sp³-hybridized carbons (Fsp3) is 0.333. The van der Waals surface area contributed by atoms with Crippen LogP contribution >= 0.6 is 23.2 Å². The van der Waals surface area contributed by atoms with Crippen LogP contribution in [0.1, 0.15) is 43.0 Å². The van der Waals surface area contributed by atoms with Crippen LogP contribution in [0.15, 0.2) is 48.5 Å². The normalized spacial score (nSPS) is 13.8. The maximum atomic E-state index is 10.8. The van der Waals surface area contributed by atoms with Gasteiger partial charge in [0.05, 0.1) is 12.1 Å². The van der Waals surface area contributed by atoms with Gasteiger partial charge in [-0.2, -0.15) is 0 Å². The molecule has 0 radical (unpaired) electrons. The number of hydrogen-bond donors (Lipinski definition) is 2. The van der Waals surface area contributed by atoms with Crippen LogP contribution in [0.3, 0.4) is 0 Å². The van der Waals surface area contributed by atoms with Gasteiger partial charge in [0.15, 0.2) is 0 Å². The molecule has 0 bridgehead atoms. The quantitative estimate of drug-likeness (QED) is 0.684. The Hall–Kier alpha value is -1.06. The molecule has 2 aromatic carbocycles. The molecule has 2 aromatic rings. The monoisotopic (exact) mass is 337 g/mol. The van der Waals surface area contributed by atoms with E-state index in [0.29, 0.717) is 10.0 Å². The van der Waals surface area contributed by atoms with Gasteiger partial charge >= 0.3 is 0 Å². The van der Waals surface area contributed by atoms with Crippen molar-refractivity contribution in [1.29, 1.82) is 0 Å². The standard InChI is InChI=1S/C18H21Cl2NO/c1-2-3-12-21-17(13-4-8-15(19)9-5-13)18(22)14-6-10-16(20)11-7-14/h4-11,17-18,21-22H,2-3,12H2,1H3/t17-,18+/m0/s1. The molecule has 0 aliphatic rings. The Morgan fingerprint density at radius 3 is 1.91 bits per heavy atom. The summed E-state index contributed by atoms with van der Waals surface area (Å²) in [4.78, 5) is 0. The zero-order valence-corrected chi connectivity index (χ0v) is 14.1. The molecule has 2 N–H and O–H groups in total. The van der Waals surface area contributed by atoms with Gasteiger partial charge in [-0.25, -0.2) is 0 Å². The van der Waals surface area contributed by atoms with E-state index < -0.39 is 6.10 Å². The second-order valence-corrected chi connectivity index (χ2v) is 6.21. The van der Waals surface area contributed by atoms with Crippen LogP contribution in [0, 0.1) is 0 Å². The summed E-state index contributed by atoms with van der Waals surface area (Å²) in [6, 6.07) is 14.7. The number of unbranched alkanes of at least 4 members (excludes halogenated alkanes) is 1. The molecule has 4 heteroatoms. The lowest BCUT2D eigenvalue weighted by Crippen LogP contribution is -2.28. The first-order valence-electron chi connectivity index (χ1n) is 7.54. The van der Waals surface area contributed by atoms with Crippen molar-refractivity contribution in [2.45, 2.75) is 31.9 Å². The highest BCUT2D eigenvalue weighted by Gasteiger charge is 2.22. The van der Waals surface area contributed by atoms with Crippen LogP contribution in [0.4, 0.5) is 0 Å². The summed E-state index contributed by atoms with van der Waals surface area (Å²) in [7, 11) is 0. The topological polar surface area (TPSA) is 32.3 Å². The molecule has 22 heavy (non-hydrogen) atoms. The fourth-order valence-corrected chi connectivity index (χ4v) is 2.62. The van der Waals surface area contributed by atoms with Gasteiger partial charge in [0.1, 0.15) is 0 Å². The molecular weight excluding hydrogens is 317 g/mol. The van der Waals surface area contributed by atoms with Gasteiger partial charge in [0.25, 0.3) is 0 Å². The molecule has 0 aromatic heterocycles. The molecule has 0 heterocycles. The largest absolute Gasteiger partial charge is 0.386 e. The summed E-state index contributed by atoms with van der Waals surface area (Å²) < 4.78 is 0. The smallest absolute Gasteiger partial charge is 0.0984 e. The Kier molecular flexibility index (Phi) is 6.71. The maximum absolute atomic E-state index is 10.8. The molecule has 2 rings (SSSR count). The van der Waals surface area contributed by atoms with E-state index in [1.165, 1.54) is 0 Å². The SMILES string of the molecule is CCCCN[C@@H](c1ccc(Cl)cc1)[C@H](O)c1ccc(Cl)cc1. The highest BCUT2D eigenvalue weighted by Crippen LogP contribution is 2.30. The minimum absolute atomic E-state index is 0.176. The van der Waals surface area contributed by atoms with Gasteiger partial charge < -0.3 is 10.4 Å². The van der Waals surface area contributed by atoms with E-state index in [9.17, 15) is 5.11 Å². The molecular formula is C18H21Cl2NO. The first-order valence-corrected chi connectivity index (χ1v) is 8.29. The lowest BCUT2D eigenvalue weighted by Gasteiger charge is -2.25. The van der Waals surface area contributed by atoms with Gasteiger partial charge in [-0.15, -0.1) is 0 Å². The van der Waals surface area contributed by atoms with Crippen LogP contribution in [0.5, 0.6) is 0 Å². The number of benzene rings is 2. The number of nitrogens with one attached hydrogen (secondary N) is 1. The average Bonchev–Trinajstić information content (AvgIpc) is 2.53. The summed E-state index contributed by atoms with van der Waals surface area (Å²) in [5.41, 5.74) is 1.86. The summed E-state index contributed by atoms with van der Waals surface area (Å²) in [5, 5.41) is 15.6. The number of aliphatic hydroxyl groups is 1. The third kappa shape index (κ3) is 4.72. The molecule has 0 aliphatic heterocycles. The predicted molar refractivity (Wildman–Crippen MR) is 93.5 cm³/mol. The number of halogens is 2. The zero-order valence-electron chi connectivity index (χ0n) is 12.6. The first kappa shape index (κ1) is 17.3. The lowest BCUT2D eigenvalue weighted by molar-refractivity contribution is 0.128. The third-order valence-corrected chi connectivity index (χ3v) is 4.15. The third-order valence-electron chi connectivity index (χ3n) is 3.65. The Bertz CT molecular complexity index is 569. The number of aliphatic hydroxyl groups excluding tert-OH is 1. The van der Waals surface area contributed by atoms with E-state index in [1.807, 2.05) is 36.4 Å². The molecule has 0 aliphatic carbocycles. The summed E-state index contributed by atoms with van der Waals surface area (Å²) in [6.45, 7) is 3.00. The molecule has 0 unspecified atom stereocenters. The van der Waals surface area contributed by atoms with E-state index >= 15 is 0 Å². The van der Waals surface area contributed by atoms with Gasteiger partial charge in [-0.05, 0) is 48.4 Å². The Morgan fingerprint density at radius 2 is 1.41 bits per heavy atom. The van der Waals surface area contributed by atoms with Crippen molar-refractivity contribution in [1.82, 2.24) is 5.32 Å². The zero-order chi connectivity index (χ0) is 15.9. The summed E-state index contributed by atoms with van der Waals surface area (Å²) in [5.74, 6) is 0. The van der Waals surface area contributed by atoms with Gasteiger partial charge in [0, 0.05) is 10.0 Å². The summed E-state index contributed by atoms with van der Waals surface area (Å²) in [6.07, 6.45) is 1.53. The minimum atomic E-state index is -0.643. The molecule has 0 saturated carbocycles. The van der Waals surface area contributed by atoms with Gasteiger partial charge in [-0.3, -0.25) is 0 Å². The average molecular weight is 338 g/mol. The van der Waals surface area contributed by atoms with E-state index in [1.54, 1.807) is 12.1 Å². The first-order chi connectivity index (χ1) is 10.6. The van der Waals surface area contributed by atoms with Crippen molar-refractivity contribution in [3.8, 4) is 0 Å². The Morgan fingerprint density at radius 1 is 0.909 bits per heavy atom. The van der Waals surface area contributed by atoms with Crippen LogP contribution < -0.4 is 5.32 Å². The summed E-state index contributed by atoms with van der Waals surface area (Å²) >= 11 is 11.9. The fourth-order valence-electron chi connectivity index (χ4n) is 2.37. The van der Waals surface area contributed by atoms with E-state index in [2.05, 4.69) is 12.2 Å². The van der Waals surface area contributed by atoms with Crippen LogP contribution in [-0.4, -0.2) is 11.7 Å². The van der Waals surface area contributed by atoms with Crippen LogP contribution in [-0.2, 0) is 0 Å². The molecule has 118 valence electrons. The molecule has 0 amide bonds. The maximum Gasteiger partial charge on any atom is 0.0984 e. The van der Waals surface area contributed by atoms with E-state index in [-0.39, 0.29) is 6.04 Å². The van der Waals surface area contributed by atoms with Crippen LogP contribution in [0.2, 0.25) is 10.0 Å². The Labute approximate surface area is 142 Å². The minimum Gasteiger partial charge on any atom is -0.386 e. The predicted octanol–water partition coefficient (Wildman–Crippen LogP) is 5.16. The van der Waals surface area contributed by atoms with Crippen molar-refractivity contribution in [2.75, 3.05) is 6.54 Å². The second-order valence-electron chi connectivity index (χ2n) is 5.33. The van der Waals surface area contributed by atoms with Crippen molar-refractivity contribution in [3.63, 3.8) is 0 Å².